The van der Waals surface area contributed by atoms with E-state index in [0.717, 1.165) is 29.7 Å². The minimum atomic E-state index is -1.02. The number of para-hydroxylation sites is 1. The van der Waals surface area contributed by atoms with Crippen molar-refractivity contribution in [1.29, 1.82) is 0 Å². The third-order valence-corrected chi connectivity index (χ3v) is 6.45. The first kappa shape index (κ1) is 18.7. The van der Waals surface area contributed by atoms with E-state index in [0.29, 0.717) is 5.69 Å². The number of hydrogen-bond donors (Lipinski definition) is 1. The van der Waals surface area contributed by atoms with Gasteiger partial charge in [0.1, 0.15) is 6.04 Å². The SMILES string of the molecule is Cc1ccccc1NC(=O)COC(=O)[C@H](C)N1C(=O)[C@@H]2[C@H]3CC[C@@H](C3)[C@@H]2C1=O. The van der Waals surface area contributed by atoms with Crippen molar-refractivity contribution in [1.82, 2.24) is 4.90 Å². The predicted octanol–water partition coefficient (Wildman–Crippen LogP) is 1.90. The van der Waals surface area contributed by atoms with E-state index in [4.69, 9.17) is 4.74 Å². The number of imide groups is 1. The Morgan fingerprint density at radius 2 is 1.75 bits per heavy atom. The number of nitrogens with one attached hydrogen (secondary N) is 1. The average Bonchev–Trinajstić information content (AvgIpc) is 3.35. The van der Waals surface area contributed by atoms with Crippen LogP contribution in [0.4, 0.5) is 5.69 Å². The van der Waals surface area contributed by atoms with Crippen LogP contribution in [0, 0.1) is 30.6 Å². The zero-order valence-electron chi connectivity index (χ0n) is 16.0. The Balaban J connectivity index is 1.35. The first-order valence-corrected chi connectivity index (χ1v) is 9.77. The number of carbonyl (C=O) groups is 4. The van der Waals surface area contributed by atoms with Crippen LogP contribution in [0.2, 0.25) is 0 Å². The number of fused-ring (bicyclic) bond motifs is 5. The molecule has 1 aliphatic heterocycles. The Labute approximate surface area is 163 Å². The van der Waals surface area contributed by atoms with Crippen LogP contribution in [0.25, 0.3) is 0 Å². The molecule has 3 aliphatic rings. The highest BCUT2D eigenvalue weighted by atomic mass is 16.5. The first-order valence-electron chi connectivity index (χ1n) is 9.77. The van der Waals surface area contributed by atoms with Crippen LogP contribution in [-0.2, 0) is 23.9 Å². The van der Waals surface area contributed by atoms with Crippen molar-refractivity contribution in [3.05, 3.63) is 29.8 Å². The zero-order valence-corrected chi connectivity index (χ0v) is 16.0. The van der Waals surface area contributed by atoms with E-state index >= 15 is 0 Å². The van der Waals surface area contributed by atoms with Crippen molar-refractivity contribution in [2.45, 2.75) is 39.2 Å². The van der Waals surface area contributed by atoms with E-state index in [-0.39, 0.29) is 35.5 Å². The van der Waals surface area contributed by atoms with E-state index < -0.39 is 24.5 Å². The number of rotatable bonds is 5. The predicted molar refractivity (Wildman–Crippen MR) is 99.9 cm³/mol. The molecule has 2 bridgehead atoms. The van der Waals surface area contributed by atoms with E-state index in [1.165, 1.54) is 6.92 Å². The molecule has 1 N–H and O–H groups in total. The van der Waals surface area contributed by atoms with Crippen LogP contribution in [0.15, 0.2) is 24.3 Å². The number of aryl methyl sites for hydroxylation is 1. The number of benzene rings is 1. The Kier molecular flexibility index (Phi) is 4.69. The van der Waals surface area contributed by atoms with E-state index in [9.17, 15) is 19.2 Å². The third kappa shape index (κ3) is 2.99. The van der Waals surface area contributed by atoms with E-state index in [2.05, 4.69) is 5.32 Å². The second-order valence-corrected chi connectivity index (χ2v) is 8.08. The van der Waals surface area contributed by atoms with Crippen LogP contribution in [0.3, 0.4) is 0 Å². The Morgan fingerprint density at radius 1 is 1.14 bits per heavy atom. The number of anilines is 1. The van der Waals surface area contributed by atoms with Gasteiger partial charge in [0.05, 0.1) is 11.8 Å². The van der Waals surface area contributed by atoms with E-state index in [1.54, 1.807) is 12.1 Å². The third-order valence-electron chi connectivity index (χ3n) is 6.45. The lowest BCUT2D eigenvalue weighted by atomic mass is 9.81. The fraction of sp³-hybridized carbons (Fsp3) is 0.524. The second-order valence-electron chi connectivity index (χ2n) is 8.08. The number of nitrogens with zero attached hydrogens (tertiary/aromatic N) is 1. The fourth-order valence-corrected chi connectivity index (χ4v) is 5.08. The van der Waals surface area contributed by atoms with Crippen molar-refractivity contribution >= 4 is 29.4 Å². The van der Waals surface area contributed by atoms with Gasteiger partial charge < -0.3 is 10.1 Å². The maximum absolute atomic E-state index is 12.8. The van der Waals surface area contributed by atoms with Gasteiger partial charge in [0.25, 0.3) is 5.91 Å². The average molecular weight is 384 g/mol. The van der Waals surface area contributed by atoms with Crippen LogP contribution < -0.4 is 5.32 Å². The number of amides is 3. The largest absolute Gasteiger partial charge is 0.454 e. The quantitative estimate of drug-likeness (QED) is 0.618. The minimum absolute atomic E-state index is 0.254. The summed E-state index contributed by atoms with van der Waals surface area (Å²) in [6, 6.07) is 6.25. The summed E-state index contributed by atoms with van der Waals surface area (Å²) in [5, 5.41) is 2.68. The molecule has 0 radical (unpaired) electrons. The number of carbonyl (C=O) groups excluding carboxylic acids is 4. The van der Waals surface area contributed by atoms with E-state index in [1.807, 2.05) is 19.1 Å². The van der Waals surface area contributed by atoms with Gasteiger partial charge in [0, 0.05) is 5.69 Å². The Hall–Kier alpha value is -2.70. The van der Waals surface area contributed by atoms with Crippen LogP contribution >= 0.6 is 0 Å². The highest BCUT2D eigenvalue weighted by molar-refractivity contribution is 6.08. The molecule has 1 aromatic rings. The van der Waals surface area contributed by atoms with Crippen molar-refractivity contribution in [3.8, 4) is 0 Å². The van der Waals surface area contributed by atoms with Crippen molar-refractivity contribution in [2.75, 3.05) is 11.9 Å². The number of hydrogen-bond acceptors (Lipinski definition) is 5. The lowest BCUT2D eigenvalue weighted by Crippen LogP contribution is -2.45. The molecule has 4 rings (SSSR count). The summed E-state index contributed by atoms with van der Waals surface area (Å²) in [5.74, 6) is -1.74. The maximum Gasteiger partial charge on any atom is 0.329 e. The molecule has 148 valence electrons. The molecule has 3 amide bonds. The molecule has 1 heterocycles. The summed E-state index contributed by atoms with van der Waals surface area (Å²) in [6.45, 7) is 2.88. The van der Waals surface area contributed by atoms with Crippen molar-refractivity contribution in [3.63, 3.8) is 0 Å². The van der Waals surface area contributed by atoms with Crippen LogP contribution in [0.1, 0.15) is 31.7 Å². The highest BCUT2D eigenvalue weighted by Gasteiger charge is 2.62. The number of esters is 1. The summed E-state index contributed by atoms with van der Waals surface area (Å²) in [5.41, 5.74) is 1.54. The molecule has 5 atom stereocenters. The van der Waals surface area contributed by atoms with Gasteiger partial charge in [0.15, 0.2) is 6.61 Å². The summed E-state index contributed by atoms with van der Waals surface area (Å²) >= 11 is 0. The standard InChI is InChI=1S/C21H24N2O5/c1-11-5-3-4-6-15(11)22-16(24)10-28-21(27)12(2)23-19(25)17-13-7-8-14(9-13)18(17)20(23)26/h3-6,12-14,17-18H,7-10H2,1-2H3,(H,22,24)/t12-,13-,14-,17-,18+/m0/s1. The van der Waals surface area contributed by atoms with Gasteiger partial charge in [-0.2, -0.15) is 0 Å². The number of likely N-dealkylation sites (tertiary alicyclic amines) is 1. The Morgan fingerprint density at radius 3 is 2.36 bits per heavy atom. The van der Waals surface area contributed by atoms with Gasteiger partial charge in [0.2, 0.25) is 11.8 Å². The molecule has 0 unspecified atom stereocenters. The minimum Gasteiger partial charge on any atom is -0.454 e. The molecule has 7 nitrogen and oxygen atoms in total. The van der Waals surface area contributed by atoms with Gasteiger partial charge in [-0.3, -0.25) is 19.3 Å². The molecule has 3 fully saturated rings. The fourth-order valence-electron chi connectivity index (χ4n) is 5.08. The Bertz CT molecular complexity index is 823. The summed E-state index contributed by atoms with van der Waals surface area (Å²) in [6.07, 6.45) is 2.91. The maximum atomic E-state index is 12.8. The normalized spacial score (nSPS) is 29.0. The lowest BCUT2D eigenvalue weighted by Gasteiger charge is -2.23. The van der Waals surface area contributed by atoms with Gasteiger partial charge in [-0.05, 0) is 56.6 Å². The van der Waals surface area contributed by atoms with Gasteiger partial charge in [-0.1, -0.05) is 18.2 Å². The molecular weight excluding hydrogens is 360 g/mol. The molecule has 2 aliphatic carbocycles. The molecule has 28 heavy (non-hydrogen) atoms. The van der Waals surface area contributed by atoms with Crippen LogP contribution in [0.5, 0.6) is 0 Å². The molecule has 0 aromatic heterocycles. The lowest BCUT2D eigenvalue weighted by molar-refractivity contribution is -0.159. The molecule has 7 heteroatoms. The number of ether oxygens (including phenoxy) is 1. The monoisotopic (exact) mass is 384 g/mol. The molecule has 1 aromatic carbocycles. The molecule has 2 saturated carbocycles. The van der Waals surface area contributed by atoms with Crippen LogP contribution in [-0.4, -0.2) is 41.2 Å². The van der Waals surface area contributed by atoms with Crippen molar-refractivity contribution in [2.24, 2.45) is 23.7 Å². The zero-order chi connectivity index (χ0) is 20.0. The van der Waals surface area contributed by atoms with Gasteiger partial charge >= 0.3 is 5.97 Å². The smallest absolute Gasteiger partial charge is 0.329 e. The van der Waals surface area contributed by atoms with Gasteiger partial charge in [-0.15, -0.1) is 0 Å². The highest BCUT2D eigenvalue weighted by Crippen LogP contribution is 2.56. The van der Waals surface area contributed by atoms with Gasteiger partial charge in [-0.25, -0.2) is 4.79 Å². The molecule has 1 saturated heterocycles. The molecule has 0 spiro atoms. The van der Waals surface area contributed by atoms with Crippen molar-refractivity contribution < 1.29 is 23.9 Å². The molecular formula is C21H24N2O5. The summed E-state index contributed by atoms with van der Waals surface area (Å²) < 4.78 is 5.08. The summed E-state index contributed by atoms with van der Waals surface area (Å²) in [7, 11) is 0. The first-order chi connectivity index (χ1) is 13.4. The topological polar surface area (TPSA) is 92.8 Å². The second kappa shape index (κ2) is 7.04. The summed E-state index contributed by atoms with van der Waals surface area (Å²) in [4.78, 5) is 51.1.